The summed E-state index contributed by atoms with van der Waals surface area (Å²) in [5.41, 5.74) is 0.487. The fraction of sp³-hybridized carbons (Fsp3) is 0.417. The number of rotatable bonds is 4. The van der Waals surface area contributed by atoms with Crippen LogP contribution in [0.2, 0.25) is 0 Å². The number of hydrogen-bond donors (Lipinski definition) is 3. The van der Waals surface area contributed by atoms with Gasteiger partial charge in [0.25, 0.3) is 5.91 Å². The second-order valence-corrected chi connectivity index (χ2v) is 4.16. The Morgan fingerprint density at radius 1 is 1.38 bits per heavy atom. The molecule has 0 spiro atoms. The number of nitrogens with one attached hydrogen (secondary N) is 1. The highest BCUT2D eigenvalue weighted by Gasteiger charge is 2.29. The van der Waals surface area contributed by atoms with Gasteiger partial charge in [0.05, 0.1) is 6.10 Å². The molecule has 1 saturated carbocycles. The maximum atomic E-state index is 11.6. The van der Waals surface area contributed by atoms with Crippen molar-refractivity contribution in [1.82, 2.24) is 5.32 Å². The number of phenolic OH excluding ortho intramolecular Hbond substituents is 1. The number of aliphatic hydroxyl groups is 1. The number of amides is 1. The zero-order valence-electron chi connectivity index (χ0n) is 8.89. The first kappa shape index (κ1) is 11.0. The van der Waals surface area contributed by atoms with Crippen LogP contribution in [0.5, 0.6) is 5.75 Å². The molecule has 0 bridgehead atoms. The zero-order valence-corrected chi connectivity index (χ0v) is 8.89. The van der Waals surface area contributed by atoms with Crippen LogP contribution in [0.1, 0.15) is 23.2 Å². The first-order valence-electron chi connectivity index (χ1n) is 5.42. The molecule has 0 saturated heterocycles. The van der Waals surface area contributed by atoms with Crippen molar-refractivity contribution >= 4 is 5.91 Å². The van der Waals surface area contributed by atoms with E-state index in [1.165, 1.54) is 12.1 Å². The first-order chi connectivity index (χ1) is 7.66. The molecule has 1 aliphatic carbocycles. The molecule has 16 heavy (non-hydrogen) atoms. The monoisotopic (exact) mass is 221 g/mol. The van der Waals surface area contributed by atoms with E-state index in [4.69, 9.17) is 5.11 Å². The molecule has 86 valence electrons. The molecule has 1 fully saturated rings. The molecule has 0 radical (unpaired) electrons. The van der Waals surface area contributed by atoms with Crippen molar-refractivity contribution in [2.24, 2.45) is 5.92 Å². The van der Waals surface area contributed by atoms with E-state index in [0.717, 1.165) is 12.8 Å². The Hall–Kier alpha value is -1.55. The number of aliphatic hydroxyl groups excluding tert-OH is 1. The van der Waals surface area contributed by atoms with E-state index >= 15 is 0 Å². The van der Waals surface area contributed by atoms with E-state index in [1.807, 2.05) is 0 Å². The lowest BCUT2D eigenvalue weighted by Crippen LogP contribution is -2.33. The Labute approximate surface area is 93.9 Å². The predicted octanol–water partition coefficient (Wildman–Crippen LogP) is 0.893. The average molecular weight is 221 g/mol. The van der Waals surface area contributed by atoms with E-state index in [2.05, 4.69) is 5.32 Å². The standard InChI is InChI=1S/C12H15NO3/c14-10-5-3-9(4-6-10)12(16)13-7-11(15)8-1-2-8/h3-6,8,11,14-15H,1-2,7H2,(H,13,16). The van der Waals surface area contributed by atoms with Crippen molar-refractivity contribution in [3.8, 4) is 5.75 Å². The normalized spacial score (nSPS) is 16.8. The summed E-state index contributed by atoms with van der Waals surface area (Å²) in [6.45, 7) is 0.296. The molecular weight excluding hydrogens is 206 g/mol. The van der Waals surface area contributed by atoms with Crippen molar-refractivity contribution in [3.05, 3.63) is 29.8 Å². The fourth-order valence-electron chi connectivity index (χ4n) is 1.56. The third-order valence-corrected chi connectivity index (χ3v) is 2.77. The number of carbonyl (C=O) groups excluding carboxylic acids is 1. The van der Waals surface area contributed by atoms with E-state index in [0.29, 0.717) is 18.0 Å². The van der Waals surface area contributed by atoms with Crippen LogP contribution < -0.4 is 5.32 Å². The summed E-state index contributed by atoms with van der Waals surface area (Å²) in [6, 6.07) is 6.03. The highest BCUT2D eigenvalue weighted by atomic mass is 16.3. The largest absolute Gasteiger partial charge is 0.508 e. The van der Waals surface area contributed by atoms with Crippen LogP contribution in [-0.2, 0) is 0 Å². The second-order valence-electron chi connectivity index (χ2n) is 4.16. The van der Waals surface area contributed by atoms with Crippen LogP contribution >= 0.6 is 0 Å². The molecule has 0 aliphatic heterocycles. The molecule has 1 aromatic carbocycles. The van der Waals surface area contributed by atoms with Gasteiger partial charge in [-0.15, -0.1) is 0 Å². The fourth-order valence-corrected chi connectivity index (χ4v) is 1.56. The van der Waals surface area contributed by atoms with Crippen LogP contribution in [0, 0.1) is 5.92 Å². The van der Waals surface area contributed by atoms with Gasteiger partial charge in [-0.1, -0.05) is 0 Å². The molecule has 0 aromatic heterocycles. The van der Waals surface area contributed by atoms with Gasteiger partial charge in [-0.2, -0.15) is 0 Å². The highest BCUT2D eigenvalue weighted by molar-refractivity contribution is 5.94. The summed E-state index contributed by atoms with van der Waals surface area (Å²) in [6.07, 6.45) is 1.67. The average Bonchev–Trinajstić information content (AvgIpc) is 3.10. The van der Waals surface area contributed by atoms with E-state index in [9.17, 15) is 9.90 Å². The van der Waals surface area contributed by atoms with Gasteiger partial charge in [0.2, 0.25) is 0 Å². The van der Waals surface area contributed by atoms with Crippen molar-refractivity contribution in [3.63, 3.8) is 0 Å². The van der Waals surface area contributed by atoms with Gasteiger partial charge in [-0.3, -0.25) is 4.79 Å². The molecule has 4 heteroatoms. The van der Waals surface area contributed by atoms with E-state index in [1.54, 1.807) is 12.1 Å². The number of hydrogen-bond acceptors (Lipinski definition) is 3. The molecule has 1 amide bonds. The molecule has 1 unspecified atom stereocenters. The van der Waals surface area contributed by atoms with Crippen molar-refractivity contribution < 1.29 is 15.0 Å². The predicted molar refractivity (Wildman–Crippen MR) is 59.2 cm³/mol. The van der Waals surface area contributed by atoms with Gasteiger partial charge < -0.3 is 15.5 Å². The lowest BCUT2D eigenvalue weighted by Gasteiger charge is -2.10. The summed E-state index contributed by atoms with van der Waals surface area (Å²) in [7, 11) is 0. The van der Waals surface area contributed by atoms with Crippen LogP contribution in [0.25, 0.3) is 0 Å². The maximum Gasteiger partial charge on any atom is 0.251 e. The van der Waals surface area contributed by atoms with Crippen molar-refractivity contribution in [2.75, 3.05) is 6.54 Å². The Bertz CT molecular complexity index is 370. The van der Waals surface area contributed by atoms with Crippen LogP contribution in [0.15, 0.2) is 24.3 Å². The second kappa shape index (κ2) is 4.53. The lowest BCUT2D eigenvalue weighted by atomic mass is 10.2. The van der Waals surface area contributed by atoms with Gasteiger partial charge in [0.1, 0.15) is 5.75 Å². The maximum absolute atomic E-state index is 11.6. The van der Waals surface area contributed by atoms with Gasteiger partial charge in [0, 0.05) is 12.1 Å². The highest BCUT2D eigenvalue weighted by Crippen LogP contribution is 2.32. The summed E-state index contributed by atoms with van der Waals surface area (Å²) in [5.74, 6) is 0.273. The smallest absolute Gasteiger partial charge is 0.251 e. The topological polar surface area (TPSA) is 69.6 Å². The zero-order chi connectivity index (χ0) is 11.5. The number of carbonyl (C=O) groups is 1. The van der Waals surface area contributed by atoms with E-state index < -0.39 is 6.10 Å². The molecule has 2 rings (SSSR count). The van der Waals surface area contributed by atoms with Crippen molar-refractivity contribution in [1.29, 1.82) is 0 Å². The molecule has 1 aromatic rings. The quantitative estimate of drug-likeness (QED) is 0.707. The molecule has 1 atom stereocenters. The summed E-state index contributed by atoms with van der Waals surface area (Å²) >= 11 is 0. The minimum Gasteiger partial charge on any atom is -0.508 e. The summed E-state index contributed by atoms with van der Waals surface area (Å²) in [4.78, 5) is 11.6. The third kappa shape index (κ3) is 2.73. The summed E-state index contributed by atoms with van der Waals surface area (Å²) in [5, 5.41) is 21.3. The first-order valence-corrected chi connectivity index (χ1v) is 5.42. The minimum atomic E-state index is -0.430. The van der Waals surface area contributed by atoms with Gasteiger partial charge in [-0.05, 0) is 43.0 Å². The van der Waals surface area contributed by atoms with Crippen LogP contribution in [0.3, 0.4) is 0 Å². The molecule has 0 heterocycles. The number of benzene rings is 1. The SMILES string of the molecule is O=C(NCC(O)C1CC1)c1ccc(O)cc1. The van der Waals surface area contributed by atoms with Gasteiger partial charge >= 0.3 is 0 Å². The van der Waals surface area contributed by atoms with E-state index in [-0.39, 0.29) is 11.7 Å². The molecule has 1 aliphatic rings. The molecule has 4 nitrogen and oxygen atoms in total. The molecular formula is C12H15NO3. The number of phenols is 1. The summed E-state index contributed by atoms with van der Waals surface area (Å²) < 4.78 is 0. The minimum absolute atomic E-state index is 0.134. The van der Waals surface area contributed by atoms with Crippen LogP contribution in [0.4, 0.5) is 0 Å². The third-order valence-electron chi connectivity index (χ3n) is 2.77. The van der Waals surface area contributed by atoms with Crippen molar-refractivity contribution in [2.45, 2.75) is 18.9 Å². The Morgan fingerprint density at radius 3 is 2.56 bits per heavy atom. The Kier molecular flexibility index (Phi) is 3.10. The lowest BCUT2D eigenvalue weighted by molar-refractivity contribution is 0.0901. The Balaban J connectivity index is 1.85. The Morgan fingerprint density at radius 2 is 2.00 bits per heavy atom. The van der Waals surface area contributed by atoms with Crippen LogP contribution in [-0.4, -0.2) is 28.8 Å². The number of aromatic hydroxyl groups is 1. The van der Waals surface area contributed by atoms with Gasteiger partial charge in [-0.25, -0.2) is 0 Å². The van der Waals surface area contributed by atoms with Gasteiger partial charge in [0.15, 0.2) is 0 Å². The molecule has 3 N–H and O–H groups in total.